The summed E-state index contributed by atoms with van der Waals surface area (Å²) in [6, 6.07) is 6.30. The van der Waals surface area contributed by atoms with Crippen molar-refractivity contribution < 1.29 is 4.74 Å². The molecule has 2 N–H and O–H groups in total. The van der Waals surface area contributed by atoms with E-state index in [0.717, 1.165) is 31.1 Å². The van der Waals surface area contributed by atoms with E-state index in [0.29, 0.717) is 18.7 Å². The molecule has 0 aliphatic heterocycles. The second-order valence-corrected chi connectivity index (χ2v) is 6.71. The quantitative estimate of drug-likeness (QED) is 0.461. The third-order valence-corrected chi connectivity index (χ3v) is 4.69. The normalized spacial score (nSPS) is 23.2. The Balaban J connectivity index is 1.79. The second-order valence-electron chi connectivity index (χ2n) is 6.71. The molecule has 5 heteroatoms. The van der Waals surface area contributed by atoms with Crippen LogP contribution in [-0.4, -0.2) is 36.7 Å². The summed E-state index contributed by atoms with van der Waals surface area (Å²) in [4.78, 5) is 8.63. The number of guanidine groups is 1. The van der Waals surface area contributed by atoms with E-state index in [2.05, 4.69) is 41.4 Å². The number of unbranched alkanes of at least 4 members (excludes halogenated alkanes) is 1. The lowest BCUT2D eigenvalue weighted by atomic mass is 9.64. The van der Waals surface area contributed by atoms with Crippen molar-refractivity contribution in [3.63, 3.8) is 0 Å². The summed E-state index contributed by atoms with van der Waals surface area (Å²) in [5, 5.41) is 6.84. The van der Waals surface area contributed by atoms with Gasteiger partial charge in [0.1, 0.15) is 0 Å². The van der Waals surface area contributed by atoms with Crippen LogP contribution >= 0.6 is 0 Å². The van der Waals surface area contributed by atoms with Crippen molar-refractivity contribution in [2.75, 3.05) is 13.7 Å². The van der Waals surface area contributed by atoms with Crippen LogP contribution in [0.2, 0.25) is 0 Å². The molecule has 0 amide bonds. The van der Waals surface area contributed by atoms with Gasteiger partial charge in [-0.3, -0.25) is 9.98 Å². The van der Waals surface area contributed by atoms with Crippen molar-refractivity contribution in [1.29, 1.82) is 0 Å². The molecular weight excluding hydrogens is 288 g/mol. The lowest BCUT2D eigenvalue weighted by Crippen LogP contribution is -2.63. The van der Waals surface area contributed by atoms with Crippen LogP contribution in [-0.2, 0) is 11.3 Å². The Morgan fingerprint density at radius 3 is 2.87 bits per heavy atom. The minimum absolute atomic E-state index is 0.121. The molecule has 1 fully saturated rings. The van der Waals surface area contributed by atoms with E-state index in [1.807, 2.05) is 18.2 Å². The molecule has 0 radical (unpaired) electrons. The van der Waals surface area contributed by atoms with E-state index in [1.54, 1.807) is 13.2 Å². The molecule has 0 spiro atoms. The molecule has 23 heavy (non-hydrogen) atoms. The maximum Gasteiger partial charge on any atom is 0.191 e. The maximum absolute atomic E-state index is 6.00. The molecular formula is C18H30N4O. The zero-order valence-corrected chi connectivity index (χ0v) is 14.8. The first-order valence-electron chi connectivity index (χ1n) is 8.56. The maximum atomic E-state index is 6.00. The first-order chi connectivity index (χ1) is 11.1. The van der Waals surface area contributed by atoms with Gasteiger partial charge in [-0.25, -0.2) is 0 Å². The van der Waals surface area contributed by atoms with Crippen LogP contribution in [0.4, 0.5) is 0 Å². The summed E-state index contributed by atoms with van der Waals surface area (Å²) in [6.45, 7) is 8.25. The Morgan fingerprint density at radius 1 is 1.43 bits per heavy atom. The first-order valence-corrected chi connectivity index (χ1v) is 8.56. The highest BCUT2D eigenvalue weighted by atomic mass is 16.5. The fourth-order valence-electron chi connectivity index (χ4n) is 2.82. The molecule has 1 aromatic heterocycles. The van der Waals surface area contributed by atoms with Crippen LogP contribution in [0.15, 0.2) is 29.4 Å². The number of aliphatic imine (C=N–C) groups is 1. The lowest BCUT2D eigenvalue weighted by molar-refractivity contribution is -0.113. The number of hydrogen-bond acceptors (Lipinski definition) is 3. The van der Waals surface area contributed by atoms with E-state index < -0.39 is 0 Å². The van der Waals surface area contributed by atoms with Gasteiger partial charge in [0, 0.05) is 31.3 Å². The summed E-state index contributed by atoms with van der Waals surface area (Å²) >= 11 is 0. The van der Waals surface area contributed by atoms with E-state index >= 15 is 0 Å². The summed E-state index contributed by atoms with van der Waals surface area (Å²) in [5.41, 5.74) is 1.13. The third-order valence-electron chi connectivity index (χ3n) is 4.69. The Kier molecular flexibility index (Phi) is 6.39. The number of nitrogens with one attached hydrogen (secondary N) is 2. The van der Waals surface area contributed by atoms with Gasteiger partial charge in [0.05, 0.1) is 18.3 Å². The SMILES string of the molecule is CCCCOC1CC(NC(=NC)NCc2ccccn2)C1(C)C. The standard InChI is InChI=1S/C18H30N4O/c1-5-6-11-23-16-12-15(18(16,2)3)22-17(19-4)21-13-14-9-7-8-10-20-14/h7-10,15-16H,5-6,11-13H2,1-4H3,(H2,19,21,22). The van der Waals surface area contributed by atoms with Crippen LogP contribution in [0.5, 0.6) is 0 Å². The van der Waals surface area contributed by atoms with Crippen molar-refractivity contribution in [2.45, 2.75) is 58.7 Å². The molecule has 0 saturated heterocycles. The van der Waals surface area contributed by atoms with Gasteiger partial charge >= 0.3 is 0 Å². The summed E-state index contributed by atoms with van der Waals surface area (Å²) < 4.78 is 6.00. The van der Waals surface area contributed by atoms with Crippen LogP contribution in [0.25, 0.3) is 0 Å². The molecule has 2 atom stereocenters. The number of nitrogens with zero attached hydrogens (tertiary/aromatic N) is 2. The zero-order valence-electron chi connectivity index (χ0n) is 14.8. The van der Waals surface area contributed by atoms with E-state index in [9.17, 15) is 0 Å². The van der Waals surface area contributed by atoms with Crippen molar-refractivity contribution in [3.8, 4) is 0 Å². The average molecular weight is 318 g/mol. The zero-order chi connectivity index (χ0) is 16.7. The minimum Gasteiger partial charge on any atom is -0.378 e. The highest BCUT2D eigenvalue weighted by Gasteiger charge is 2.49. The highest BCUT2D eigenvalue weighted by Crippen LogP contribution is 2.42. The van der Waals surface area contributed by atoms with Crippen LogP contribution in [0.1, 0.15) is 45.7 Å². The number of rotatable bonds is 7. The predicted octanol–water partition coefficient (Wildman–Crippen LogP) is 2.73. The molecule has 1 aliphatic rings. The topological polar surface area (TPSA) is 58.5 Å². The highest BCUT2D eigenvalue weighted by molar-refractivity contribution is 5.80. The van der Waals surface area contributed by atoms with E-state index in [1.165, 1.54) is 6.42 Å². The molecule has 0 bridgehead atoms. The molecule has 1 aliphatic carbocycles. The monoisotopic (exact) mass is 318 g/mol. The van der Waals surface area contributed by atoms with Gasteiger partial charge in [0.15, 0.2) is 5.96 Å². The fraction of sp³-hybridized carbons (Fsp3) is 0.667. The van der Waals surface area contributed by atoms with Crippen molar-refractivity contribution >= 4 is 5.96 Å². The van der Waals surface area contributed by atoms with E-state index in [-0.39, 0.29) is 5.41 Å². The second kappa shape index (κ2) is 8.29. The van der Waals surface area contributed by atoms with Crippen molar-refractivity contribution in [1.82, 2.24) is 15.6 Å². The van der Waals surface area contributed by atoms with Crippen LogP contribution in [0, 0.1) is 5.41 Å². The van der Waals surface area contributed by atoms with Crippen LogP contribution < -0.4 is 10.6 Å². The van der Waals surface area contributed by atoms with Gasteiger partial charge in [-0.15, -0.1) is 0 Å². The first kappa shape index (κ1) is 17.7. The molecule has 2 rings (SSSR count). The smallest absolute Gasteiger partial charge is 0.191 e. The van der Waals surface area contributed by atoms with Gasteiger partial charge in [0.2, 0.25) is 0 Å². The number of aromatic nitrogens is 1. The largest absolute Gasteiger partial charge is 0.378 e. The molecule has 0 aromatic carbocycles. The molecule has 128 valence electrons. The average Bonchev–Trinajstić information content (AvgIpc) is 2.57. The van der Waals surface area contributed by atoms with Crippen molar-refractivity contribution in [3.05, 3.63) is 30.1 Å². The number of ether oxygens (including phenoxy) is 1. The Labute approximate surface area is 139 Å². The molecule has 1 saturated carbocycles. The molecule has 1 aromatic rings. The summed E-state index contributed by atoms with van der Waals surface area (Å²) in [7, 11) is 1.80. The van der Waals surface area contributed by atoms with Gasteiger partial charge in [-0.05, 0) is 25.0 Å². The Hall–Kier alpha value is -1.62. The Bertz CT molecular complexity index is 501. The van der Waals surface area contributed by atoms with Crippen molar-refractivity contribution in [2.24, 2.45) is 10.4 Å². The van der Waals surface area contributed by atoms with E-state index in [4.69, 9.17) is 4.74 Å². The number of pyridine rings is 1. The summed E-state index contributed by atoms with van der Waals surface area (Å²) in [6.07, 6.45) is 5.48. The predicted molar refractivity (Wildman–Crippen MR) is 94.4 cm³/mol. The fourth-order valence-corrected chi connectivity index (χ4v) is 2.82. The van der Waals surface area contributed by atoms with Gasteiger partial charge in [0.25, 0.3) is 0 Å². The minimum atomic E-state index is 0.121. The molecule has 1 heterocycles. The van der Waals surface area contributed by atoms with Gasteiger partial charge in [-0.2, -0.15) is 0 Å². The molecule has 5 nitrogen and oxygen atoms in total. The van der Waals surface area contributed by atoms with Gasteiger partial charge < -0.3 is 15.4 Å². The lowest BCUT2D eigenvalue weighted by Gasteiger charge is -2.52. The third kappa shape index (κ3) is 4.67. The van der Waals surface area contributed by atoms with Gasteiger partial charge in [-0.1, -0.05) is 33.3 Å². The Morgan fingerprint density at radius 2 is 2.26 bits per heavy atom. The summed E-state index contributed by atoms with van der Waals surface area (Å²) in [5.74, 6) is 0.820. The number of hydrogen-bond donors (Lipinski definition) is 2. The molecule has 2 unspecified atom stereocenters. The van der Waals surface area contributed by atoms with Crippen LogP contribution in [0.3, 0.4) is 0 Å².